The smallest absolute Gasteiger partial charge is 0.247 e. The van der Waals surface area contributed by atoms with Crippen molar-refractivity contribution >= 4 is 11.6 Å². The first-order valence-electron chi connectivity index (χ1n) is 4.29. The first-order valence-corrected chi connectivity index (χ1v) is 4.29. The third-order valence-electron chi connectivity index (χ3n) is 1.50. The van der Waals surface area contributed by atoms with Crippen molar-refractivity contribution in [2.24, 2.45) is 0 Å². The van der Waals surface area contributed by atoms with E-state index in [1.807, 2.05) is 6.92 Å². The molecule has 0 spiro atoms. The van der Waals surface area contributed by atoms with Gasteiger partial charge in [0.15, 0.2) is 0 Å². The molecule has 1 aromatic rings. The Labute approximate surface area is 82.6 Å². The van der Waals surface area contributed by atoms with E-state index in [1.54, 1.807) is 18.3 Å². The van der Waals surface area contributed by atoms with Crippen LogP contribution >= 0.6 is 0 Å². The molecule has 1 N–H and O–H groups in total. The monoisotopic (exact) mass is 192 g/mol. The van der Waals surface area contributed by atoms with Crippen molar-refractivity contribution in [1.82, 2.24) is 4.98 Å². The second-order valence-electron chi connectivity index (χ2n) is 2.48. The zero-order valence-corrected chi connectivity index (χ0v) is 7.99. The quantitative estimate of drug-likeness (QED) is 0.737. The fourth-order valence-electron chi connectivity index (χ4n) is 0.921. The lowest BCUT2D eigenvalue weighted by molar-refractivity contribution is -0.111. The first kappa shape index (κ1) is 10.2. The van der Waals surface area contributed by atoms with Gasteiger partial charge in [0.25, 0.3) is 0 Å². The van der Waals surface area contributed by atoms with Crippen molar-refractivity contribution in [3.05, 3.63) is 31.0 Å². The van der Waals surface area contributed by atoms with Gasteiger partial charge in [0, 0.05) is 6.20 Å². The van der Waals surface area contributed by atoms with E-state index in [4.69, 9.17) is 4.74 Å². The molecule has 1 heterocycles. The number of nitrogens with one attached hydrogen (secondary N) is 1. The van der Waals surface area contributed by atoms with Gasteiger partial charge in [-0.15, -0.1) is 0 Å². The molecule has 0 aromatic carbocycles. The highest BCUT2D eigenvalue weighted by Gasteiger charge is 2.05. The fourth-order valence-corrected chi connectivity index (χ4v) is 0.921. The highest BCUT2D eigenvalue weighted by molar-refractivity contribution is 5.99. The van der Waals surface area contributed by atoms with E-state index >= 15 is 0 Å². The summed E-state index contributed by atoms with van der Waals surface area (Å²) in [4.78, 5) is 15.0. The van der Waals surface area contributed by atoms with Gasteiger partial charge in [-0.2, -0.15) is 0 Å². The maximum Gasteiger partial charge on any atom is 0.247 e. The van der Waals surface area contributed by atoms with Gasteiger partial charge in [0.2, 0.25) is 11.8 Å². The summed E-state index contributed by atoms with van der Waals surface area (Å²) in [6.45, 7) is 5.72. The van der Waals surface area contributed by atoms with E-state index in [2.05, 4.69) is 16.9 Å². The number of ether oxygens (including phenoxy) is 1. The van der Waals surface area contributed by atoms with Crippen molar-refractivity contribution in [2.45, 2.75) is 6.92 Å². The van der Waals surface area contributed by atoms with Gasteiger partial charge in [0.1, 0.15) is 5.69 Å². The summed E-state index contributed by atoms with van der Waals surface area (Å²) in [6, 6.07) is 3.45. The third-order valence-corrected chi connectivity index (χ3v) is 1.50. The van der Waals surface area contributed by atoms with Crippen LogP contribution in [0, 0.1) is 0 Å². The Hall–Kier alpha value is -1.84. The van der Waals surface area contributed by atoms with Gasteiger partial charge in [0.05, 0.1) is 6.61 Å². The second kappa shape index (κ2) is 5.01. The molecule has 0 aliphatic carbocycles. The molecule has 0 saturated carbocycles. The Morgan fingerprint density at radius 3 is 3.21 bits per heavy atom. The minimum atomic E-state index is -0.279. The Morgan fingerprint density at radius 2 is 2.57 bits per heavy atom. The fraction of sp³-hybridized carbons (Fsp3) is 0.200. The minimum absolute atomic E-state index is 0.279. The summed E-state index contributed by atoms with van der Waals surface area (Å²) in [5.74, 6) is 0.143. The van der Waals surface area contributed by atoms with Crippen molar-refractivity contribution in [3.63, 3.8) is 0 Å². The lowest BCUT2D eigenvalue weighted by Crippen LogP contribution is -2.09. The summed E-state index contributed by atoms with van der Waals surface area (Å²) in [7, 11) is 0. The van der Waals surface area contributed by atoms with Crippen molar-refractivity contribution in [2.75, 3.05) is 11.9 Å². The molecule has 14 heavy (non-hydrogen) atoms. The average Bonchev–Trinajstić information content (AvgIpc) is 2.21. The zero-order chi connectivity index (χ0) is 10.4. The van der Waals surface area contributed by atoms with Crippen LogP contribution in [0.2, 0.25) is 0 Å². The maximum atomic E-state index is 11.0. The molecule has 0 saturated heterocycles. The number of anilines is 1. The predicted octanol–water partition coefficient (Wildman–Crippen LogP) is 1.60. The number of aromatic nitrogens is 1. The highest BCUT2D eigenvalue weighted by atomic mass is 16.5. The highest BCUT2D eigenvalue weighted by Crippen LogP contribution is 2.19. The number of amides is 1. The van der Waals surface area contributed by atoms with E-state index in [9.17, 15) is 4.79 Å². The second-order valence-corrected chi connectivity index (χ2v) is 2.48. The molecule has 4 heteroatoms. The number of pyridine rings is 1. The summed E-state index contributed by atoms with van der Waals surface area (Å²) < 4.78 is 5.22. The standard InChI is InChI=1S/C10H12N2O2/c1-3-9(13)12-8-6-5-7-11-10(8)14-4-2/h3,5-7H,1,4H2,2H3,(H,12,13). The minimum Gasteiger partial charge on any atom is -0.476 e. The van der Waals surface area contributed by atoms with Crippen LogP contribution in [0.25, 0.3) is 0 Å². The van der Waals surface area contributed by atoms with E-state index in [0.29, 0.717) is 18.2 Å². The number of hydrogen-bond donors (Lipinski definition) is 1. The van der Waals surface area contributed by atoms with Crippen LogP contribution in [0.4, 0.5) is 5.69 Å². The van der Waals surface area contributed by atoms with Crippen molar-refractivity contribution < 1.29 is 9.53 Å². The molecule has 1 rings (SSSR count). The molecule has 1 aromatic heterocycles. The lowest BCUT2D eigenvalue weighted by Gasteiger charge is -2.07. The molecular formula is C10H12N2O2. The third kappa shape index (κ3) is 2.58. The zero-order valence-electron chi connectivity index (χ0n) is 7.99. The average molecular weight is 192 g/mol. The lowest BCUT2D eigenvalue weighted by atomic mass is 10.4. The number of carbonyl (C=O) groups excluding carboxylic acids is 1. The first-order chi connectivity index (χ1) is 6.77. The van der Waals surface area contributed by atoms with E-state index in [0.717, 1.165) is 0 Å². The van der Waals surface area contributed by atoms with Crippen LogP contribution in [0.3, 0.4) is 0 Å². The Bertz CT molecular complexity index is 337. The van der Waals surface area contributed by atoms with Gasteiger partial charge in [-0.05, 0) is 25.1 Å². The summed E-state index contributed by atoms with van der Waals surface area (Å²) in [6.07, 6.45) is 2.80. The largest absolute Gasteiger partial charge is 0.476 e. The van der Waals surface area contributed by atoms with Crippen LogP contribution in [0.15, 0.2) is 31.0 Å². The van der Waals surface area contributed by atoms with E-state index in [-0.39, 0.29) is 5.91 Å². The van der Waals surface area contributed by atoms with Crippen LogP contribution in [-0.2, 0) is 4.79 Å². The SMILES string of the molecule is C=CC(=O)Nc1cccnc1OCC. The maximum absolute atomic E-state index is 11.0. The Balaban J connectivity index is 2.83. The molecular weight excluding hydrogens is 180 g/mol. The van der Waals surface area contributed by atoms with Crippen LogP contribution < -0.4 is 10.1 Å². The molecule has 4 nitrogen and oxygen atoms in total. The molecule has 74 valence electrons. The molecule has 0 aliphatic rings. The predicted molar refractivity (Wildman–Crippen MR) is 54.2 cm³/mol. The van der Waals surface area contributed by atoms with E-state index in [1.165, 1.54) is 6.08 Å². The molecule has 0 bridgehead atoms. The van der Waals surface area contributed by atoms with Gasteiger partial charge in [-0.1, -0.05) is 6.58 Å². The summed E-state index contributed by atoms with van der Waals surface area (Å²) in [5.41, 5.74) is 0.555. The van der Waals surface area contributed by atoms with Gasteiger partial charge in [-0.3, -0.25) is 4.79 Å². The summed E-state index contributed by atoms with van der Waals surface area (Å²) in [5, 5.41) is 2.60. The van der Waals surface area contributed by atoms with Gasteiger partial charge < -0.3 is 10.1 Å². The van der Waals surface area contributed by atoms with Gasteiger partial charge >= 0.3 is 0 Å². The number of carbonyl (C=O) groups is 1. The molecule has 0 atom stereocenters. The molecule has 1 amide bonds. The van der Waals surface area contributed by atoms with E-state index < -0.39 is 0 Å². The van der Waals surface area contributed by atoms with Crippen LogP contribution in [0.1, 0.15) is 6.92 Å². The number of rotatable bonds is 4. The number of nitrogens with zero attached hydrogens (tertiary/aromatic N) is 1. The topological polar surface area (TPSA) is 51.2 Å². The Morgan fingerprint density at radius 1 is 1.79 bits per heavy atom. The molecule has 0 unspecified atom stereocenters. The Kier molecular flexibility index (Phi) is 3.67. The molecule has 0 aliphatic heterocycles. The normalized spacial score (nSPS) is 9.21. The summed E-state index contributed by atoms with van der Waals surface area (Å²) >= 11 is 0. The van der Waals surface area contributed by atoms with Crippen LogP contribution in [0.5, 0.6) is 5.88 Å². The van der Waals surface area contributed by atoms with Crippen molar-refractivity contribution in [1.29, 1.82) is 0 Å². The molecule has 0 fully saturated rings. The number of hydrogen-bond acceptors (Lipinski definition) is 3. The van der Waals surface area contributed by atoms with Gasteiger partial charge in [-0.25, -0.2) is 4.98 Å². The molecule has 0 radical (unpaired) electrons. The van der Waals surface area contributed by atoms with Crippen molar-refractivity contribution in [3.8, 4) is 5.88 Å². The van der Waals surface area contributed by atoms with Crippen LogP contribution in [-0.4, -0.2) is 17.5 Å².